The number of rotatable bonds is 3. The molecule has 0 amide bonds. The second-order valence-corrected chi connectivity index (χ2v) is 6.17. The summed E-state index contributed by atoms with van der Waals surface area (Å²) in [4.78, 5) is 2.36. The molecule has 24 heavy (non-hydrogen) atoms. The predicted octanol–water partition coefficient (Wildman–Crippen LogP) is 3.62. The summed E-state index contributed by atoms with van der Waals surface area (Å²) in [5.74, 6) is 2.02. The minimum atomic E-state index is 0.443. The van der Waals surface area contributed by atoms with Crippen molar-refractivity contribution in [3.05, 3.63) is 30.2 Å². The minimum Gasteiger partial charge on any atom is -0.419 e. The van der Waals surface area contributed by atoms with Gasteiger partial charge in [-0.1, -0.05) is 44.0 Å². The third-order valence-electron chi connectivity index (χ3n) is 4.55. The summed E-state index contributed by atoms with van der Waals surface area (Å²) in [7, 11) is 0. The van der Waals surface area contributed by atoms with E-state index in [0.717, 1.165) is 29.7 Å². The highest BCUT2D eigenvalue weighted by Crippen LogP contribution is 2.31. The first-order valence-electron chi connectivity index (χ1n) is 8.70. The van der Waals surface area contributed by atoms with Crippen LogP contribution in [0.3, 0.4) is 0 Å². The highest BCUT2D eigenvalue weighted by molar-refractivity contribution is 5.99. The molecule has 1 saturated heterocycles. The van der Waals surface area contributed by atoms with Crippen LogP contribution in [0.5, 0.6) is 0 Å². The monoisotopic (exact) mass is 323 g/mol. The Kier molecular flexibility index (Phi) is 4.11. The highest BCUT2D eigenvalue weighted by atomic mass is 16.4. The maximum absolute atomic E-state index is 5.69. The normalized spacial score (nSPS) is 15.6. The SMILES string of the molecule is CCc1nnc(-c2nnc(N3CCCCCC3)c3ccccc23)o1. The Hall–Kier alpha value is -2.50. The van der Waals surface area contributed by atoms with Crippen molar-refractivity contribution >= 4 is 16.6 Å². The average molecular weight is 323 g/mol. The van der Waals surface area contributed by atoms with Crippen LogP contribution < -0.4 is 4.90 Å². The Labute approximate surface area is 140 Å². The number of benzene rings is 1. The van der Waals surface area contributed by atoms with Crippen LogP contribution in [-0.2, 0) is 6.42 Å². The van der Waals surface area contributed by atoms with Crippen LogP contribution in [0.2, 0.25) is 0 Å². The van der Waals surface area contributed by atoms with E-state index in [0.29, 0.717) is 23.9 Å². The molecule has 0 aliphatic carbocycles. The van der Waals surface area contributed by atoms with Gasteiger partial charge >= 0.3 is 0 Å². The molecule has 3 aromatic rings. The summed E-state index contributed by atoms with van der Waals surface area (Å²) in [6, 6.07) is 8.21. The Balaban J connectivity index is 1.82. The Morgan fingerprint density at radius 3 is 2.38 bits per heavy atom. The minimum absolute atomic E-state index is 0.443. The summed E-state index contributed by atoms with van der Waals surface area (Å²) in [6.45, 7) is 4.07. The zero-order chi connectivity index (χ0) is 16.4. The van der Waals surface area contributed by atoms with E-state index in [1.165, 1.54) is 25.7 Å². The molecule has 4 rings (SSSR count). The molecule has 3 heterocycles. The number of hydrogen-bond donors (Lipinski definition) is 0. The van der Waals surface area contributed by atoms with Crippen LogP contribution in [-0.4, -0.2) is 33.5 Å². The molecule has 6 nitrogen and oxygen atoms in total. The molecule has 0 spiro atoms. The summed E-state index contributed by atoms with van der Waals surface area (Å²) < 4.78 is 5.69. The van der Waals surface area contributed by atoms with E-state index in [2.05, 4.69) is 37.4 Å². The lowest BCUT2D eigenvalue weighted by molar-refractivity contribution is 0.511. The van der Waals surface area contributed by atoms with Gasteiger partial charge in [-0.15, -0.1) is 20.4 Å². The number of anilines is 1. The van der Waals surface area contributed by atoms with Gasteiger partial charge in [-0.3, -0.25) is 0 Å². The number of aromatic nitrogens is 4. The lowest BCUT2D eigenvalue weighted by Crippen LogP contribution is -2.25. The van der Waals surface area contributed by atoms with Gasteiger partial charge < -0.3 is 9.32 Å². The topological polar surface area (TPSA) is 67.9 Å². The zero-order valence-corrected chi connectivity index (χ0v) is 13.9. The second kappa shape index (κ2) is 6.55. The number of aryl methyl sites for hydroxylation is 1. The summed E-state index contributed by atoms with van der Waals surface area (Å²) in [6.07, 6.45) is 5.72. The molecule has 0 bridgehead atoms. The second-order valence-electron chi connectivity index (χ2n) is 6.17. The average Bonchev–Trinajstić information content (AvgIpc) is 2.95. The van der Waals surface area contributed by atoms with Gasteiger partial charge in [0.2, 0.25) is 5.89 Å². The lowest BCUT2D eigenvalue weighted by Gasteiger charge is -2.22. The first kappa shape index (κ1) is 15.1. The zero-order valence-electron chi connectivity index (χ0n) is 13.9. The largest absolute Gasteiger partial charge is 0.419 e. The van der Waals surface area contributed by atoms with Crippen molar-refractivity contribution in [1.82, 2.24) is 20.4 Å². The van der Waals surface area contributed by atoms with Crippen molar-refractivity contribution in [2.24, 2.45) is 0 Å². The van der Waals surface area contributed by atoms with Gasteiger partial charge in [0.1, 0.15) is 0 Å². The lowest BCUT2D eigenvalue weighted by atomic mass is 10.1. The molecule has 6 heteroatoms. The maximum Gasteiger partial charge on any atom is 0.268 e. The number of nitrogens with zero attached hydrogens (tertiary/aromatic N) is 5. The number of hydrogen-bond acceptors (Lipinski definition) is 6. The molecule has 124 valence electrons. The van der Waals surface area contributed by atoms with Crippen molar-refractivity contribution in [2.75, 3.05) is 18.0 Å². The van der Waals surface area contributed by atoms with Gasteiger partial charge in [-0.05, 0) is 12.8 Å². The van der Waals surface area contributed by atoms with Gasteiger partial charge in [0.05, 0.1) is 0 Å². The predicted molar refractivity (Wildman–Crippen MR) is 92.9 cm³/mol. The molecule has 1 aliphatic rings. The van der Waals surface area contributed by atoms with Gasteiger partial charge in [-0.2, -0.15) is 0 Å². The van der Waals surface area contributed by atoms with E-state index < -0.39 is 0 Å². The van der Waals surface area contributed by atoms with Gasteiger partial charge in [0.25, 0.3) is 5.89 Å². The summed E-state index contributed by atoms with van der Waals surface area (Å²) in [5.41, 5.74) is 0.663. The van der Waals surface area contributed by atoms with Gasteiger partial charge in [0.15, 0.2) is 11.5 Å². The van der Waals surface area contributed by atoms with Crippen molar-refractivity contribution in [2.45, 2.75) is 39.0 Å². The van der Waals surface area contributed by atoms with Crippen LogP contribution in [0.1, 0.15) is 38.5 Å². The molecule has 1 aromatic carbocycles. The van der Waals surface area contributed by atoms with E-state index in [1.807, 2.05) is 19.1 Å². The Morgan fingerprint density at radius 2 is 1.67 bits per heavy atom. The molecule has 0 unspecified atom stereocenters. The Bertz CT molecular complexity index is 836. The summed E-state index contributed by atoms with van der Waals surface area (Å²) in [5, 5.41) is 19.3. The third kappa shape index (κ3) is 2.72. The molecular weight excluding hydrogens is 302 g/mol. The van der Waals surface area contributed by atoms with Crippen molar-refractivity contribution < 1.29 is 4.42 Å². The molecular formula is C18H21N5O. The maximum atomic E-state index is 5.69. The summed E-state index contributed by atoms with van der Waals surface area (Å²) >= 11 is 0. The van der Waals surface area contributed by atoms with Gasteiger partial charge in [0, 0.05) is 30.3 Å². The molecule has 0 radical (unpaired) electrons. The third-order valence-corrected chi connectivity index (χ3v) is 4.55. The van der Waals surface area contributed by atoms with E-state index in [-0.39, 0.29) is 0 Å². The first-order valence-corrected chi connectivity index (χ1v) is 8.70. The fourth-order valence-electron chi connectivity index (χ4n) is 3.26. The fourth-order valence-corrected chi connectivity index (χ4v) is 3.26. The highest BCUT2D eigenvalue weighted by Gasteiger charge is 2.19. The molecule has 0 N–H and O–H groups in total. The quantitative estimate of drug-likeness (QED) is 0.733. The van der Waals surface area contributed by atoms with E-state index in [4.69, 9.17) is 4.42 Å². The Morgan fingerprint density at radius 1 is 0.917 bits per heavy atom. The molecule has 1 aliphatic heterocycles. The van der Waals surface area contributed by atoms with E-state index >= 15 is 0 Å². The van der Waals surface area contributed by atoms with Crippen LogP contribution in [0, 0.1) is 0 Å². The van der Waals surface area contributed by atoms with Crippen molar-refractivity contribution in [3.63, 3.8) is 0 Å². The number of fused-ring (bicyclic) bond motifs is 1. The molecule has 2 aromatic heterocycles. The molecule has 0 saturated carbocycles. The van der Waals surface area contributed by atoms with Gasteiger partial charge in [-0.25, -0.2) is 0 Å². The van der Waals surface area contributed by atoms with Crippen molar-refractivity contribution in [1.29, 1.82) is 0 Å². The fraction of sp³-hybridized carbons (Fsp3) is 0.444. The van der Waals surface area contributed by atoms with E-state index in [1.54, 1.807) is 0 Å². The first-order chi connectivity index (χ1) is 11.9. The van der Waals surface area contributed by atoms with E-state index in [9.17, 15) is 0 Å². The van der Waals surface area contributed by atoms with Crippen LogP contribution in [0.15, 0.2) is 28.7 Å². The molecule has 1 fully saturated rings. The van der Waals surface area contributed by atoms with Crippen LogP contribution in [0.25, 0.3) is 22.4 Å². The van der Waals surface area contributed by atoms with Crippen molar-refractivity contribution in [3.8, 4) is 11.6 Å². The molecule has 0 atom stereocenters. The van der Waals surface area contributed by atoms with Crippen LogP contribution >= 0.6 is 0 Å². The van der Waals surface area contributed by atoms with Crippen LogP contribution in [0.4, 0.5) is 5.82 Å². The smallest absolute Gasteiger partial charge is 0.268 e. The standard InChI is InChI=1S/C18H21N5O/c1-2-15-19-22-18(24-15)16-13-9-5-6-10-14(13)17(21-20-16)23-11-7-3-4-8-12-23/h5-6,9-10H,2-4,7-8,11-12H2,1H3.